The van der Waals surface area contributed by atoms with Gasteiger partial charge in [-0.3, -0.25) is 9.13 Å². The Morgan fingerprint density at radius 3 is 1.00 bits per heavy atom. The zero-order chi connectivity index (χ0) is 13.1. The average molecular weight is 265 g/mol. The SMILES string of the molecule is CNC.COP(C)(=O)O.COP(C)(=O)O. The molecule has 0 aromatic carbocycles. The Labute approximate surface area is 90.9 Å². The first-order valence-electron chi connectivity index (χ1n) is 3.84. The van der Waals surface area contributed by atoms with Gasteiger partial charge in [0.15, 0.2) is 0 Å². The Balaban J connectivity index is -0.000000153. The molecule has 0 radical (unpaired) electrons. The summed E-state index contributed by atoms with van der Waals surface area (Å²) in [5.41, 5.74) is 0. The van der Waals surface area contributed by atoms with E-state index in [0.717, 1.165) is 13.3 Å². The van der Waals surface area contributed by atoms with E-state index in [9.17, 15) is 9.13 Å². The molecule has 15 heavy (non-hydrogen) atoms. The molecule has 0 bridgehead atoms. The fourth-order valence-corrected chi connectivity index (χ4v) is 0. The summed E-state index contributed by atoms with van der Waals surface area (Å²) in [6.07, 6.45) is 0. The molecule has 96 valence electrons. The van der Waals surface area contributed by atoms with E-state index in [4.69, 9.17) is 9.79 Å². The predicted molar refractivity (Wildman–Crippen MR) is 60.5 cm³/mol. The highest BCUT2D eigenvalue weighted by Gasteiger charge is 2.03. The normalized spacial score (nSPS) is 17.1. The van der Waals surface area contributed by atoms with Gasteiger partial charge in [-0.15, -0.1) is 0 Å². The quantitative estimate of drug-likeness (QED) is 0.632. The van der Waals surface area contributed by atoms with Gasteiger partial charge in [0.25, 0.3) is 0 Å². The first-order chi connectivity index (χ1) is 6.54. The predicted octanol–water partition coefficient (Wildman–Crippen LogP) is 0.732. The Hall–Kier alpha value is 0.260. The molecule has 0 saturated heterocycles. The smallest absolute Gasteiger partial charge is 0.324 e. The molecule has 2 atom stereocenters. The molecule has 0 amide bonds. The van der Waals surface area contributed by atoms with Crippen LogP contribution in [0.3, 0.4) is 0 Å². The van der Waals surface area contributed by atoms with Gasteiger partial charge in [0.05, 0.1) is 0 Å². The number of hydrogen-bond acceptors (Lipinski definition) is 5. The third-order valence-electron chi connectivity index (χ3n) is 0.678. The highest BCUT2D eigenvalue weighted by atomic mass is 31.2. The second-order valence-electron chi connectivity index (χ2n) is 2.47. The van der Waals surface area contributed by atoms with Crippen LogP contribution in [0, 0.1) is 0 Å². The van der Waals surface area contributed by atoms with E-state index >= 15 is 0 Å². The monoisotopic (exact) mass is 265 g/mol. The molecule has 9 heteroatoms. The van der Waals surface area contributed by atoms with Crippen molar-refractivity contribution in [2.45, 2.75) is 0 Å². The molecule has 0 aliphatic rings. The molecule has 2 unspecified atom stereocenters. The van der Waals surface area contributed by atoms with E-state index in [0.29, 0.717) is 0 Å². The molecule has 0 aliphatic carbocycles. The maximum Gasteiger partial charge on any atom is 0.324 e. The maximum atomic E-state index is 9.92. The third-order valence-corrected chi connectivity index (χ3v) is 2.03. The van der Waals surface area contributed by atoms with Crippen molar-refractivity contribution in [2.24, 2.45) is 0 Å². The summed E-state index contributed by atoms with van der Waals surface area (Å²) in [6.45, 7) is 2.26. The summed E-state index contributed by atoms with van der Waals surface area (Å²) in [4.78, 5) is 16.3. The molecule has 7 nitrogen and oxygen atoms in total. The van der Waals surface area contributed by atoms with Crippen LogP contribution in [-0.4, -0.2) is 51.4 Å². The average Bonchev–Trinajstić information content (AvgIpc) is 2.04. The zero-order valence-electron chi connectivity index (χ0n) is 9.92. The van der Waals surface area contributed by atoms with Crippen molar-refractivity contribution in [3.8, 4) is 0 Å². The van der Waals surface area contributed by atoms with Gasteiger partial charge in [-0.2, -0.15) is 0 Å². The first-order valence-corrected chi connectivity index (χ1v) is 7.89. The third kappa shape index (κ3) is 54.7. The van der Waals surface area contributed by atoms with Crippen molar-refractivity contribution >= 4 is 15.2 Å². The highest BCUT2D eigenvalue weighted by molar-refractivity contribution is 7.52. The van der Waals surface area contributed by atoms with Gasteiger partial charge in [0.2, 0.25) is 0 Å². The largest absolute Gasteiger partial charge is 0.324 e. The van der Waals surface area contributed by atoms with Gasteiger partial charge < -0.3 is 24.2 Å². The molecule has 0 aromatic rings. The summed E-state index contributed by atoms with van der Waals surface area (Å²) in [5.74, 6) is 0. The zero-order valence-corrected chi connectivity index (χ0v) is 11.7. The number of hydrogen-bond donors (Lipinski definition) is 3. The van der Waals surface area contributed by atoms with Gasteiger partial charge in [-0.25, -0.2) is 0 Å². The molecular weight excluding hydrogens is 244 g/mol. The topological polar surface area (TPSA) is 105 Å². The van der Waals surface area contributed by atoms with Crippen LogP contribution in [0.4, 0.5) is 0 Å². The summed E-state index contributed by atoms with van der Waals surface area (Å²) in [6, 6.07) is 0. The van der Waals surface area contributed by atoms with Crippen LogP contribution in [-0.2, 0) is 18.2 Å². The van der Waals surface area contributed by atoms with Crippen LogP contribution in [0.1, 0.15) is 0 Å². The van der Waals surface area contributed by atoms with E-state index in [1.165, 1.54) is 14.2 Å². The fourth-order valence-electron chi connectivity index (χ4n) is 0. The number of rotatable bonds is 2. The molecule has 0 saturated carbocycles. The van der Waals surface area contributed by atoms with Crippen LogP contribution < -0.4 is 5.32 Å². The van der Waals surface area contributed by atoms with Crippen molar-refractivity contribution < 1.29 is 28.0 Å². The van der Waals surface area contributed by atoms with E-state index in [1.54, 1.807) is 0 Å². The molecule has 3 N–H and O–H groups in total. The lowest BCUT2D eigenvalue weighted by atomic mass is 11.3. The van der Waals surface area contributed by atoms with E-state index < -0.39 is 15.2 Å². The lowest BCUT2D eigenvalue weighted by molar-refractivity contribution is 0.321. The van der Waals surface area contributed by atoms with Gasteiger partial charge in [-0.05, 0) is 14.1 Å². The summed E-state index contributed by atoms with van der Waals surface area (Å²) < 4.78 is 27.9. The lowest BCUT2D eigenvalue weighted by Gasteiger charge is -1.96. The molecule has 0 aliphatic heterocycles. The standard InChI is InChI=1S/C2H7N.2C2H7O3P/c1-3-2;2*1-5-6(2,3)4/h3H,1-2H3;2*1-2H3,(H,3,4). The lowest BCUT2D eigenvalue weighted by Crippen LogP contribution is -1.89. The van der Waals surface area contributed by atoms with E-state index in [-0.39, 0.29) is 0 Å². The van der Waals surface area contributed by atoms with Gasteiger partial charge in [-0.1, -0.05) is 0 Å². The van der Waals surface area contributed by atoms with E-state index in [1.807, 2.05) is 14.1 Å². The van der Waals surface area contributed by atoms with E-state index in [2.05, 4.69) is 14.4 Å². The summed E-state index contributed by atoms with van der Waals surface area (Å²) in [5, 5.41) is 2.75. The Morgan fingerprint density at radius 2 is 1.00 bits per heavy atom. The van der Waals surface area contributed by atoms with Crippen molar-refractivity contribution in [1.29, 1.82) is 0 Å². The second-order valence-corrected chi connectivity index (χ2v) is 6.41. The summed E-state index contributed by atoms with van der Waals surface area (Å²) in [7, 11) is -0.153. The van der Waals surface area contributed by atoms with Gasteiger partial charge >= 0.3 is 15.2 Å². The van der Waals surface area contributed by atoms with Crippen molar-refractivity contribution in [2.75, 3.05) is 41.6 Å². The Bertz CT molecular complexity index is 188. The second kappa shape index (κ2) is 10.8. The number of nitrogens with one attached hydrogen (secondary N) is 1. The first kappa shape index (κ1) is 20.6. The van der Waals surface area contributed by atoms with Crippen LogP contribution in [0.5, 0.6) is 0 Å². The Kier molecular flexibility index (Phi) is 14.8. The molecule has 0 rings (SSSR count). The molecule has 0 fully saturated rings. The molecule has 0 spiro atoms. The molecule has 0 aromatic heterocycles. The fraction of sp³-hybridized carbons (Fsp3) is 1.00. The van der Waals surface area contributed by atoms with Crippen LogP contribution in [0.15, 0.2) is 0 Å². The molecular formula is C6H21NO6P2. The highest BCUT2D eigenvalue weighted by Crippen LogP contribution is 2.34. The van der Waals surface area contributed by atoms with Crippen LogP contribution in [0.2, 0.25) is 0 Å². The Morgan fingerprint density at radius 1 is 0.933 bits per heavy atom. The van der Waals surface area contributed by atoms with Gasteiger partial charge in [0.1, 0.15) is 0 Å². The molecule has 0 heterocycles. The van der Waals surface area contributed by atoms with Crippen molar-refractivity contribution in [3.63, 3.8) is 0 Å². The van der Waals surface area contributed by atoms with Crippen LogP contribution in [0.25, 0.3) is 0 Å². The minimum atomic E-state index is -3.15. The van der Waals surface area contributed by atoms with Gasteiger partial charge in [0, 0.05) is 27.5 Å². The minimum absolute atomic E-state index is 1.13. The van der Waals surface area contributed by atoms with Crippen LogP contribution >= 0.6 is 15.2 Å². The minimum Gasteiger partial charge on any atom is -0.324 e. The van der Waals surface area contributed by atoms with Crippen molar-refractivity contribution in [1.82, 2.24) is 5.32 Å². The van der Waals surface area contributed by atoms with Crippen molar-refractivity contribution in [3.05, 3.63) is 0 Å². The summed E-state index contributed by atoms with van der Waals surface area (Å²) >= 11 is 0. The maximum absolute atomic E-state index is 9.92.